The summed E-state index contributed by atoms with van der Waals surface area (Å²) in [6.45, 7) is 12.7. The molecule has 1 aliphatic heterocycles. The molecule has 2 rings (SSSR count). The second-order valence-electron chi connectivity index (χ2n) is 5.95. The number of anilines is 2. The van der Waals surface area contributed by atoms with Crippen LogP contribution >= 0.6 is 0 Å². The molecule has 1 aliphatic rings. The summed E-state index contributed by atoms with van der Waals surface area (Å²) < 4.78 is 0. The highest BCUT2D eigenvalue weighted by Crippen LogP contribution is 2.20. The van der Waals surface area contributed by atoms with E-state index in [9.17, 15) is 0 Å². The van der Waals surface area contributed by atoms with Gasteiger partial charge in [-0.05, 0) is 53.6 Å². The van der Waals surface area contributed by atoms with Gasteiger partial charge in [0, 0.05) is 24.7 Å². The predicted octanol–water partition coefficient (Wildman–Crippen LogP) is 2.81. The zero-order valence-corrected chi connectivity index (χ0v) is 13.9. The van der Waals surface area contributed by atoms with E-state index in [4.69, 9.17) is 0 Å². The van der Waals surface area contributed by atoms with E-state index in [-0.39, 0.29) is 0 Å². The van der Waals surface area contributed by atoms with E-state index in [1.165, 1.54) is 32.4 Å². The number of hydrogen-bond donors (Lipinski definition) is 2. The summed E-state index contributed by atoms with van der Waals surface area (Å²) in [6.07, 6.45) is 4.05. The van der Waals surface area contributed by atoms with E-state index < -0.39 is 0 Å². The van der Waals surface area contributed by atoms with E-state index in [2.05, 4.69) is 46.3 Å². The number of nitrogens with zero attached hydrogens (tertiary/aromatic N) is 3. The van der Waals surface area contributed by atoms with Crippen LogP contribution < -0.4 is 10.6 Å². The van der Waals surface area contributed by atoms with Gasteiger partial charge in [-0.2, -0.15) is 0 Å². The van der Waals surface area contributed by atoms with Gasteiger partial charge in [-0.3, -0.25) is 4.90 Å². The summed E-state index contributed by atoms with van der Waals surface area (Å²) in [7, 11) is 0. The third-order valence-corrected chi connectivity index (χ3v) is 4.18. The fourth-order valence-corrected chi connectivity index (χ4v) is 2.87. The summed E-state index contributed by atoms with van der Waals surface area (Å²) in [5.74, 6) is 2.71. The molecule has 1 aromatic heterocycles. The van der Waals surface area contributed by atoms with Crippen molar-refractivity contribution >= 4 is 11.6 Å². The Labute approximate surface area is 128 Å². The van der Waals surface area contributed by atoms with Crippen LogP contribution in [0.3, 0.4) is 0 Å². The molecule has 0 amide bonds. The van der Waals surface area contributed by atoms with Gasteiger partial charge in [0.15, 0.2) is 0 Å². The highest BCUT2D eigenvalue weighted by atomic mass is 15.2. The van der Waals surface area contributed by atoms with Crippen LogP contribution in [-0.4, -0.2) is 47.1 Å². The lowest BCUT2D eigenvalue weighted by atomic mass is 10.1. The molecule has 0 spiro atoms. The molecule has 0 aromatic carbocycles. The molecule has 1 unspecified atom stereocenters. The van der Waals surface area contributed by atoms with Gasteiger partial charge < -0.3 is 10.6 Å². The Hall–Kier alpha value is -1.36. The predicted molar refractivity (Wildman–Crippen MR) is 89.0 cm³/mol. The minimum Gasteiger partial charge on any atom is -0.370 e. The monoisotopic (exact) mass is 291 g/mol. The largest absolute Gasteiger partial charge is 0.370 e. The summed E-state index contributed by atoms with van der Waals surface area (Å²) in [6, 6.07) is 0.544. The second kappa shape index (κ2) is 7.59. The van der Waals surface area contributed by atoms with Crippen LogP contribution in [0.5, 0.6) is 0 Å². The molecule has 1 atom stereocenters. The average molecular weight is 291 g/mol. The fraction of sp³-hybridized carbons (Fsp3) is 0.750. The van der Waals surface area contributed by atoms with Crippen molar-refractivity contribution in [3.8, 4) is 0 Å². The van der Waals surface area contributed by atoms with Gasteiger partial charge in [0.25, 0.3) is 0 Å². The number of nitrogens with one attached hydrogen (secondary N) is 2. The van der Waals surface area contributed by atoms with Crippen molar-refractivity contribution in [3.05, 3.63) is 11.4 Å². The number of hydrogen-bond acceptors (Lipinski definition) is 5. The molecule has 5 nitrogen and oxygen atoms in total. The molecular weight excluding hydrogens is 262 g/mol. The maximum absolute atomic E-state index is 4.55. The van der Waals surface area contributed by atoms with Crippen LogP contribution in [0.2, 0.25) is 0 Å². The molecule has 0 aliphatic carbocycles. The van der Waals surface area contributed by atoms with Crippen molar-refractivity contribution in [2.45, 2.75) is 53.0 Å². The van der Waals surface area contributed by atoms with Crippen molar-refractivity contribution in [2.24, 2.45) is 0 Å². The maximum atomic E-state index is 4.55. The first-order chi connectivity index (χ1) is 10.1. The molecule has 1 fully saturated rings. The third kappa shape index (κ3) is 4.30. The van der Waals surface area contributed by atoms with Crippen molar-refractivity contribution in [2.75, 3.05) is 36.8 Å². The van der Waals surface area contributed by atoms with Gasteiger partial charge >= 0.3 is 0 Å². The van der Waals surface area contributed by atoms with Crippen LogP contribution in [0.25, 0.3) is 0 Å². The zero-order valence-electron chi connectivity index (χ0n) is 13.9. The van der Waals surface area contributed by atoms with Gasteiger partial charge in [-0.15, -0.1) is 0 Å². The molecule has 2 N–H and O–H groups in total. The van der Waals surface area contributed by atoms with E-state index in [1.807, 2.05) is 6.92 Å². The number of aryl methyl sites for hydroxylation is 1. The fourth-order valence-electron chi connectivity index (χ4n) is 2.87. The highest BCUT2D eigenvalue weighted by Gasteiger charge is 2.17. The number of aromatic nitrogens is 2. The number of likely N-dealkylation sites (tertiary alicyclic amines) is 1. The van der Waals surface area contributed by atoms with Crippen molar-refractivity contribution in [1.29, 1.82) is 0 Å². The molecule has 1 saturated heterocycles. The molecule has 0 saturated carbocycles. The standard InChI is InChI=1S/C16H29N5/c1-5-17-15-13(3)16(20-14(4)19-15)18-11-12(2)21-9-7-6-8-10-21/h12H,5-11H2,1-4H3,(H2,17,18,19,20). The van der Waals surface area contributed by atoms with E-state index in [1.54, 1.807) is 0 Å². The Balaban J connectivity index is 1.98. The van der Waals surface area contributed by atoms with Gasteiger partial charge in [-0.25, -0.2) is 9.97 Å². The quantitative estimate of drug-likeness (QED) is 0.844. The highest BCUT2D eigenvalue weighted by molar-refractivity contribution is 5.57. The Morgan fingerprint density at radius 3 is 2.29 bits per heavy atom. The topological polar surface area (TPSA) is 53.1 Å². The van der Waals surface area contributed by atoms with Crippen LogP contribution in [0.1, 0.15) is 44.5 Å². The van der Waals surface area contributed by atoms with E-state index in [0.717, 1.165) is 36.1 Å². The second-order valence-corrected chi connectivity index (χ2v) is 5.95. The van der Waals surface area contributed by atoms with Crippen molar-refractivity contribution in [1.82, 2.24) is 14.9 Å². The maximum Gasteiger partial charge on any atom is 0.134 e. The lowest BCUT2D eigenvalue weighted by molar-refractivity contribution is 0.180. The van der Waals surface area contributed by atoms with Crippen LogP contribution in [0, 0.1) is 13.8 Å². The summed E-state index contributed by atoms with van der Waals surface area (Å²) in [4.78, 5) is 11.6. The van der Waals surface area contributed by atoms with Gasteiger partial charge in [-0.1, -0.05) is 6.42 Å². The summed E-state index contributed by atoms with van der Waals surface area (Å²) in [5.41, 5.74) is 1.10. The van der Waals surface area contributed by atoms with Crippen LogP contribution in [0.4, 0.5) is 11.6 Å². The number of rotatable bonds is 6. The minimum absolute atomic E-state index is 0.544. The van der Waals surface area contributed by atoms with E-state index in [0.29, 0.717) is 6.04 Å². The van der Waals surface area contributed by atoms with Crippen molar-refractivity contribution in [3.63, 3.8) is 0 Å². The zero-order chi connectivity index (χ0) is 15.2. The molecule has 5 heteroatoms. The lowest BCUT2D eigenvalue weighted by Gasteiger charge is -2.32. The molecule has 118 valence electrons. The Kier molecular flexibility index (Phi) is 5.79. The molecule has 2 heterocycles. The summed E-state index contributed by atoms with van der Waals surface area (Å²) in [5, 5.41) is 6.82. The average Bonchev–Trinajstić information content (AvgIpc) is 2.50. The first kappa shape index (κ1) is 16.0. The molecule has 21 heavy (non-hydrogen) atoms. The minimum atomic E-state index is 0.544. The molecular formula is C16H29N5. The number of piperidine rings is 1. The van der Waals surface area contributed by atoms with Gasteiger partial charge in [0.05, 0.1) is 0 Å². The first-order valence-electron chi connectivity index (χ1n) is 8.18. The molecule has 0 bridgehead atoms. The van der Waals surface area contributed by atoms with Crippen molar-refractivity contribution < 1.29 is 0 Å². The van der Waals surface area contributed by atoms with Gasteiger partial charge in [0.2, 0.25) is 0 Å². The summed E-state index contributed by atoms with van der Waals surface area (Å²) >= 11 is 0. The first-order valence-corrected chi connectivity index (χ1v) is 8.18. The SMILES string of the molecule is CCNc1nc(C)nc(NCC(C)N2CCCCC2)c1C. The Bertz CT molecular complexity index is 454. The van der Waals surface area contributed by atoms with Crippen LogP contribution in [0.15, 0.2) is 0 Å². The molecule has 0 radical (unpaired) electrons. The van der Waals surface area contributed by atoms with E-state index >= 15 is 0 Å². The Morgan fingerprint density at radius 1 is 1.05 bits per heavy atom. The van der Waals surface area contributed by atoms with Crippen LogP contribution in [-0.2, 0) is 0 Å². The molecule has 1 aromatic rings. The third-order valence-electron chi connectivity index (χ3n) is 4.18. The smallest absolute Gasteiger partial charge is 0.134 e. The normalized spacial score (nSPS) is 17.5. The Morgan fingerprint density at radius 2 is 1.67 bits per heavy atom. The van der Waals surface area contributed by atoms with Gasteiger partial charge in [0.1, 0.15) is 17.5 Å². The lowest BCUT2D eigenvalue weighted by Crippen LogP contribution is -2.41.